The van der Waals surface area contributed by atoms with Gasteiger partial charge in [-0.3, -0.25) is 4.79 Å². The summed E-state index contributed by atoms with van der Waals surface area (Å²) in [6.45, 7) is 4.14. The van der Waals surface area contributed by atoms with E-state index in [2.05, 4.69) is 22.9 Å². The molecular formula is C15H20BrNO3. The summed E-state index contributed by atoms with van der Waals surface area (Å²) in [7, 11) is 0. The van der Waals surface area contributed by atoms with Crippen molar-refractivity contribution in [1.82, 2.24) is 4.90 Å². The van der Waals surface area contributed by atoms with Crippen molar-refractivity contribution in [3.63, 3.8) is 0 Å². The maximum Gasteiger partial charge on any atom is 0.257 e. The van der Waals surface area contributed by atoms with Crippen LogP contribution in [0.2, 0.25) is 0 Å². The zero-order chi connectivity index (χ0) is 14.5. The van der Waals surface area contributed by atoms with Gasteiger partial charge in [-0.2, -0.15) is 0 Å². The van der Waals surface area contributed by atoms with Gasteiger partial charge < -0.3 is 14.7 Å². The van der Waals surface area contributed by atoms with Crippen LogP contribution < -0.4 is 0 Å². The van der Waals surface area contributed by atoms with Gasteiger partial charge in [0.15, 0.2) is 0 Å². The number of hydrogen-bond acceptors (Lipinski definition) is 3. The molecule has 1 saturated heterocycles. The summed E-state index contributed by atoms with van der Waals surface area (Å²) in [5.41, 5.74) is 0.351. The molecule has 1 unspecified atom stereocenters. The molecule has 110 valence electrons. The number of rotatable bonds is 4. The lowest BCUT2D eigenvalue weighted by Gasteiger charge is -2.32. The summed E-state index contributed by atoms with van der Waals surface area (Å²) in [6.07, 6.45) is 3.04. The van der Waals surface area contributed by atoms with Gasteiger partial charge in [0, 0.05) is 24.2 Å². The van der Waals surface area contributed by atoms with Gasteiger partial charge in [-0.25, -0.2) is 0 Å². The number of carbonyl (C=O) groups excluding carboxylic acids is 1. The maximum absolute atomic E-state index is 12.4. The van der Waals surface area contributed by atoms with E-state index in [-0.39, 0.29) is 17.8 Å². The zero-order valence-electron chi connectivity index (χ0n) is 11.6. The number of halogens is 1. The Labute approximate surface area is 127 Å². The van der Waals surface area contributed by atoms with E-state index in [4.69, 9.17) is 4.74 Å². The van der Waals surface area contributed by atoms with Crippen LogP contribution in [0.25, 0.3) is 0 Å². The first-order chi connectivity index (χ1) is 9.61. The first-order valence-corrected chi connectivity index (χ1v) is 7.80. The molecule has 1 heterocycles. The number of phenols is 1. The molecule has 1 N–H and O–H groups in total. The van der Waals surface area contributed by atoms with E-state index in [1.54, 1.807) is 23.1 Å². The molecule has 1 aromatic rings. The number of piperidine rings is 1. The Balaban J connectivity index is 2.04. The average Bonchev–Trinajstić information content (AvgIpc) is 2.45. The molecule has 1 aliphatic heterocycles. The summed E-state index contributed by atoms with van der Waals surface area (Å²) < 4.78 is 6.49. The second-order valence-corrected chi connectivity index (χ2v) is 5.96. The van der Waals surface area contributed by atoms with Crippen LogP contribution in [0, 0.1) is 0 Å². The van der Waals surface area contributed by atoms with Crippen molar-refractivity contribution in [2.75, 3.05) is 19.7 Å². The van der Waals surface area contributed by atoms with Crippen LogP contribution >= 0.6 is 15.9 Å². The third-order valence-electron chi connectivity index (χ3n) is 3.41. The standard InChI is InChI=1S/C15H20BrNO3/c1-2-8-20-12-4-3-7-17(10-12)15(19)13-6-5-11(16)9-14(13)18/h5-6,9,12,18H,2-4,7-8,10H2,1H3. The fraction of sp³-hybridized carbons (Fsp3) is 0.533. The zero-order valence-corrected chi connectivity index (χ0v) is 13.2. The number of aromatic hydroxyl groups is 1. The van der Waals surface area contributed by atoms with Gasteiger partial charge in [0.2, 0.25) is 0 Å². The normalized spacial score (nSPS) is 19.1. The van der Waals surface area contributed by atoms with Gasteiger partial charge in [0.05, 0.1) is 11.7 Å². The van der Waals surface area contributed by atoms with Gasteiger partial charge in [-0.1, -0.05) is 22.9 Å². The molecule has 5 heteroatoms. The van der Waals surface area contributed by atoms with E-state index in [1.807, 2.05) is 0 Å². The number of nitrogens with zero attached hydrogens (tertiary/aromatic N) is 1. The first-order valence-electron chi connectivity index (χ1n) is 7.01. The summed E-state index contributed by atoms with van der Waals surface area (Å²) in [5, 5.41) is 9.89. The third-order valence-corrected chi connectivity index (χ3v) is 3.91. The van der Waals surface area contributed by atoms with Crippen molar-refractivity contribution in [3.8, 4) is 5.75 Å². The van der Waals surface area contributed by atoms with Gasteiger partial charge in [0.25, 0.3) is 5.91 Å². The summed E-state index contributed by atoms with van der Waals surface area (Å²) in [5.74, 6) is -0.110. The summed E-state index contributed by atoms with van der Waals surface area (Å²) in [6, 6.07) is 4.96. The predicted octanol–water partition coefficient (Wildman–Crippen LogP) is 3.19. The number of likely N-dealkylation sites (tertiary alicyclic amines) is 1. The minimum absolute atomic E-state index is 0.0148. The highest BCUT2D eigenvalue weighted by atomic mass is 79.9. The van der Waals surface area contributed by atoms with E-state index in [1.165, 1.54) is 0 Å². The van der Waals surface area contributed by atoms with Crippen molar-refractivity contribution >= 4 is 21.8 Å². The molecule has 2 rings (SSSR count). The number of amides is 1. The fourth-order valence-electron chi connectivity index (χ4n) is 2.40. The Hall–Kier alpha value is -1.07. The molecule has 0 radical (unpaired) electrons. The highest BCUT2D eigenvalue weighted by Crippen LogP contribution is 2.25. The van der Waals surface area contributed by atoms with Crippen molar-refractivity contribution in [1.29, 1.82) is 0 Å². The summed E-state index contributed by atoms with van der Waals surface area (Å²) in [4.78, 5) is 14.2. The Morgan fingerprint density at radius 3 is 3.05 bits per heavy atom. The first kappa shape index (κ1) is 15.3. The van der Waals surface area contributed by atoms with Crippen molar-refractivity contribution in [2.24, 2.45) is 0 Å². The number of ether oxygens (including phenoxy) is 1. The van der Waals surface area contributed by atoms with Crippen LogP contribution in [-0.2, 0) is 4.74 Å². The number of phenolic OH excluding ortho intramolecular Hbond substituents is 1. The minimum Gasteiger partial charge on any atom is -0.507 e. The van der Waals surface area contributed by atoms with Crippen LogP contribution in [0.1, 0.15) is 36.5 Å². The molecule has 20 heavy (non-hydrogen) atoms. The van der Waals surface area contributed by atoms with Crippen LogP contribution in [0.3, 0.4) is 0 Å². The van der Waals surface area contributed by atoms with Crippen LogP contribution in [-0.4, -0.2) is 41.7 Å². The topological polar surface area (TPSA) is 49.8 Å². The molecule has 0 spiro atoms. The second-order valence-electron chi connectivity index (χ2n) is 5.05. The van der Waals surface area contributed by atoms with E-state index in [0.29, 0.717) is 12.1 Å². The quantitative estimate of drug-likeness (QED) is 0.914. The van der Waals surface area contributed by atoms with E-state index in [0.717, 1.165) is 36.9 Å². The molecule has 1 amide bonds. The Bertz CT molecular complexity index is 478. The number of carbonyl (C=O) groups is 1. The van der Waals surface area contributed by atoms with E-state index >= 15 is 0 Å². The van der Waals surface area contributed by atoms with E-state index < -0.39 is 0 Å². The number of hydrogen-bond donors (Lipinski definition) is 1. The minimum atomic E-state index is -0.125. The molecule has 0 aliphatic carbocycles. The Morgan fingerprint density at radius 1 is 1.55 bits per heavy atom. The van der Waals surface area contributed by atoms with Crippen LogP contribution in [0.5, 0.6) is 5.75 Å². The lowest BCUT2D eigenvalue weighted by molar-refractivity contribution is 0.00202. The van der Waals surface area contributed by atoms with Gasteiger partial charge >= 0.3 is 0 Å². The van der Waals surface area contributed by atoms with E-state index in [9.17, 15) is 9.90 Å². The molecular weight excluding hydrogens is 322 g/mol. The average molecular weight is 342 g/mol. The molecule has 1 atom stereocenters. The van der Waals surface area contributed by atoms with Crippen LogP contribution in [0.4, 0.5) is 0 Å². The molecule has 1 aliphatic rings. The fourth-order valence-corrected chi connectivity index (χ4v) is 2.75. The van der Waals surface area contributed by atoms with Crippen LogP contribution in [0.15, 0.2) is 22.7 Å². The third kappa shape index (κ3) is 3.73. The summed E-state index contributed by atoms with van der Waals surface area (Å²) >= 11 is 3.27. The second kappa shape index (κ2) is 7.09. The largest absolute Gasteiger partial charge is 0.507 e. The molecule has 0 saturated carbocycles. The molecule has 1 aromatic carbocycles. The molecule has 4 nitrogen and oxygen atoms in total. The highest BCUT2D eigenvalue weighted by molar-refractivity contribution is 9.10. The van der Waals surface area contributed by atoms with Crippen molar-refractivity contribution in [2.45, 2.75) is 32.3 Å². The molecule has 0 bridgehead atoms. The maximum atomic E-state index is 12.4. The van der Waals surface area contributed by atoms with Gasteiger partial charge in [-0.05, 0) is 37.5 Å². The Kier molecular flexibility index (Phi) is 5.43. The van der Waals surface area contributed by atoms with Crippen molar-refractivity contribution in [3.05, 3.63) is 28.2 Å². The number of benzene rings is 1. The predicted molar refractivity (Wildman–Crippen MR) is 81.0 cm³/mol. The van der Waals surface area contributed by atoms with Gasteiger partial charge in [0.1, 0.15) is 5.75 Å². The molecule has 0 aromatic heterocycles. The Morgan fingerprint density at radius 2 is 2.35 bits per heavy atom. The highest BCUT2D eigenvalue weighted by Gasteiger charge is 2.26. The van der Waals surface area contributed by atoms with Crippen molar-refractivity contribution < 1.29 is 14.6 Å². The van der Waals surface area contributed by atoms with Gasteiger partial charge in [-0.15, -0.1) is 0 Å². The smallest absolute Gasteiger partial charge is 0.257 e. The monoisotopic (exact) mass is 341 g/mol. The molecule has 1 fully saturated rings. The lowest BCUT2D eigenvalue weighted by atomic mass is 10.1. The SMILES string of the molecule is CCCOC1CCCN(C(=O)c2ccc(Br)cc2O)C1. The lowest BCUT2D eigenvalue weighted by Crippen LogP contribution is -2.43.